The zero-order valence-corrected chi connectivity index (χ0v) is 29.3. The van der Waals surface area contributed by atoms with Gasteiger partial charge in [-0.3, -0.25) is 4.79 Å². The number of esters is 1. The van der Waals surface area contributed by atoms with E-state index in [2.05, 4.69) is 6.07 Å². The topological polar surface area (TPSA) is 165 Å². The fourth-order valence-electron chi connectivity index (χ4n) is 7.14. The Morgan fingerprint density at radius 3 is 2.31 bits per heavy atom. The zero-order valence-electron chi connectivity index (χ0n) is 29.3. The maximum atomic E-state index is 13.4. The van der Waals surface area contributed by atoms with E-state index in [9.17, 15) is 25.2 Å². The third kappa shape index (κ3) is 9.81. The SMILES string of the molecule is CCC1OC(=O)C(C)C(O)C(C)C(OC2OC(C)CC(N(C)C)C2OCCC#N)C(C)(O)CC(C)CN(C)C(C)C(O)C1(C)O. The summed E-state index contributed by atoms with van der Waals surface area (Å²) in [6, 6.07) is 1.49. The van der Waals surface area contributed by atoms with Gasteiger partial charge in [0.2, 0.25) is 0 Å². The largest absolute Gasteiger partial charge is 0.459 e. The van der Waals surface area contributed by atoms with Crippen molar-refractivity contribution < 1.29 is 44.2 Å². The lowest BCUT2D eigenvalue weighted by atomic mass is 9.78. The number of rotatable bonds is 7. The minimum atomic E-state index is -1.76. The number of nitrogens with zero attached hydrogens (tertiary/aromatic N) is 3. The summed E-state index contributed by atoms with van der Waals surface area (Å²) in [5, 5.41) is 55.5. The summed E-state index contributed by atoms with van der Waals surface area (Å²) in [6.07, 6.45) is -4.91. The van der Waals surface area contributed by atoms with Crippen LogP contribution in [0.5, 0.6) is 0 Å². The van der Waals surface area contributed by atoms with Gasteiger partial charge in [0.25, 0.3) is 0 Å². The highest BCUT2D eigenvalue weighted by atomic mass is 16.7. The van der Waals surface area contributed by atoms with Gasteiger partial charge in [-0.05, 0) is 80.9 Å². The standard InChI is InChI=1S/C33H61N3O9/c1-12-25-33(8,41)28(38)23(6)36(11)18-19(2)17-32(7,40)29(21(4)26(37)22(5)30(39)44-25)45-31-27(42-15-13-14-34)24(35(9)10)16-20(3)43-31/h19-29,31,37-38,40-41H,12-13,15-18H2,1-11H3. The van der Waals surface area contributed by atoms with Crippen LogP contribution in [0.25, 0.3) is 0 Å². The fourth-order valence-corrected chi connectivity index (χ4v) is 7.14. The molecule has 0 aromatic heterocycles. The van der Waals surface area contributed by atoms with E-state index in [0.29, 0.717) is 13.0 Å². The second kappa shape index (κ2) is 16.6. The van der Waals surface area contributed by atoms with E-state index < -0.39 is 71.9 Å². The zero-order chi connectivity index (χ0) is 34.4. The van der Waals surface area contributed by atoms with E-state index in [1.807, 2.05) is 44.8 Å². The van der Waals surface area contributed by atoms with E-state index in [1.54, 1.807) is 34.6 Å². The molecule has 0 spiro atoms. The number of aliphatic hydroxyl groups is 4. The second-order valence-corrected chi connectivity index (χ2v) is 14.4. The second-order valence-electron chi connectivity index (χ2n) is 14.4. The lowest BCUT2D eigenvalue weighted by Gasteiger charge is -2.47. The van der Waals surface area contributed by atoms with Crippen molar-refractivity contribution in [2.24, 2.45) is 17.8 Å². The Hall–Kier alpha value is -1.40. The maximum absolute atomic E-state index is 13.4. The first-order valence-corrected chi connectivity index (χ1v) is 16.5. The van der Waals surface area contributed by atoms with E-state index in [0.717, 1.165) is 0 Å². The predicted octanol–water partition coefficient (Wildman–Crippen LogP) is 1.91. The summed E-state index contributed by atoms with van der Waals surface area (Å²) >= 11 is 0. The summed E-state index contributed by atoms with van der Waals surface area (Å²) in [6.45, 7) is 14.5. The van der Waals surface area contributed by atoms with E-state index in [1.165, 1.54) is 6.92 Å². The fraction of sp³-hybridized carbons (Fsp3) is 0.939. The van der Waals surface area contributed by atoms with Gasteiger partial charge >= 0.3 is 5.97 Å². The Morgan fingerprint density at radius 2 is 1.76 bits per heavy atom. The number of carbonyl (C=O) groups is 1. The molecule has 2 fully saturated rings. The van der Waals surface area contributed by atoms with Gasteiger partial charge in [0.1, 0.15) is 23.9 Å². The van der Waals surface area contributed by atoms with Gasteiger partial charge in [-0.2, -0.15) is 5.26 Å². The summed E-state index contributed by atoms with van der Waals surface area (Å²) in [7, 11) is 5.72. The molecule has 2 aliphatic rings. The van der Waals surface area contributed by atoms with Crippen LogP contribution in [0.15, 0.2) is 0 Å². The highest BCUT2D eigenvalue weighted by Crippen LogP contribution is 2.37. The monoisotopic (exact) mass is 643 g/mol. The minimum absolute atomic E-state index is 0.0990. The Bertz CT molecular complexity index is 974. The molecule has 0 amide bonds. The smallest absolute Gasteiger partial charge is 0.311 e. The number of likely N-dealkylation sites (N-methyl/N-ethyl adjacent to an activating group) is 2. The molecule has 0 bridgehead atoms. The molecule has 0 saturated carbocycles. The van der Waals surface area contributed by atoms with Crippen LogP contribution in [0.3, 0.4) is 0 Å². The molecule has 0 aromatic rings. The van der Waals surface area contributed by atoms with Crippen molar-refractivity contribution in [1.29, 1.82) is 5.26 Å². The number of hydrogen-bond acceptors (Lipinski definition) is 12. The highest BCUT2D eigenvalue weighted by Gasteiger charge is 2.50. The third-order valence-electron chi connectivity index (χ3n) is 9.96. The van der Waals surface area contributed by atoms with Crippen LogP contribution in [-0.2, 0) is 23.7 Å². The Kier molecular flexibility index (Phi) is 14.7. The molecule has 2 saturated heterocycles. The van der Waals surface area contributed by atoms with Crippen LogP contribution in [0.4, 0.5) is 0 Å². The van der Waals surface area contributed by atoms with Crippen LogP contribution in [0.1, 0.15) is 81.1 Å². The van der Waals surface area contributed by atoms with Crippen LogP contribution in [0, 0.1) is 29.1 Å². The number of carbonyl (C=O) groups excluding carboxylic acids is 1. The lowest BCUT2D eigenvalue weighted by Crippen LogP contribution is -2.60. The molecular formula is C33H61N3O9. The Labute approximate surface area is 270 Å². The minimum Gasteiger partial charge on any atom is -0.459 e. The molecule has 2 aliphatic heterocycles. The highest BCUT2D eigenvalue weighted by molar-refractivity contribution is 5.73. The molecule has 2 rings (SSSR count). The molecule has 12 nitrogen and oxygen atoms in total. The molecule has 4 N–H and O–H groups in total. The van der Waals surface area contributed by atoms with Crippen LogP contribution < -0.4 is 0 Å². The van der Waals surface area contributed by atoms with Gasteiger partial charge in [-0.15, -0.1) is 0 Å². The lowest BCUT2D eigenvalue weighted by molar-refractivity contribution is -0.306. The summed E-state index contributed by atoms with van der Waals surface area (Å²) in [5.41, 5.74) is -3.26. The first-order valence-electron chi connectivity index (χ1n) is 16.5. The van der Waals surface area contributed by atoms with E-state index in [-0.39, 0.29) is 43.9 Å². The van der Waals surface area contributed by atoms with Gasteiger partial charge in [0.15, 0.2) is 6.29 Å². The van der Waals surface area contributed by atoms with Crippen LogP contribution in [0.2, 0.25) is 0 Å². The van der Waals surface area contributed by atoms with Crippen molar-refractivity contribution in [2.75, 3.05) is 34.3 Å². The van der Waals surface area contributed by atoms with Crippen molar-refractivity contribution in [3.8, 4) is 6.07 Å². The quantitative estimate of drug-likeness (QED) is 0.236. The maximum Gasteiger partial charge on any atom is 0.311 e. The number of cyclic esters (lactones) is 1. The summed E-state index contributed by atoms with van der Waals surface area (Å²) in [4.78, 5) is 17.4. The average Bonchev–Trinajstić information content (AvgIpc) is 2.95. The van der Waals surface area contributed by atoms with Crippen molar-refractivity contribution in [2.45, 2.75) is 147 Å². The number of nitriles is 1. The molecule has 0 radical (unpaired) electrons. The summed E-state index contributed by atoms with van der Waals surface area (Å²) < 4.78 is 24.9. The first kappa shape index (κ1) is 39.8. The summed E-state index contributed by atoms with van der Waals surface area (Å²) in [5.74, 6) is -2.66. The average molecular weight is 644 g/mol. The third-order valence-corrected chi connectivity index (χ3v) is 9.96. The Morgan fingerprint density at radius 1 is 1.13 bits per heavy atom. The van der Waals surface area contributed by atoms with Crippen molar-refractivity contribution in [3.05, 3.63) is 0 Å². The molecular weight excluding hydrogens is 582 g/mol. The Balaban J connectivity index is 2.57. The molecule has 12 heteroatoms. The molecule has 2 heterocycles. The van der Waals surface area contributed by atoms with Crippen molar-refractivity contribution in [3.63, 3.8) is 0 Å². The van der Waals surface area contributed by atoms with E-state index in [4.69, 9.17) is 24.2 Å². The molecule has 0 aromatic carbocycles. The molecule has 14 atom stereocenters. The molecule has 0 aliphatic carbocycles. The molecule has 14 unspecified atom stereocenters. The van der Waals surface area contributed by atoms with E-state index >= 15 is 0 Å². The molecule has 45 heavy (non-hydrogen) atoms. The van der Waals surface area contributed by atoms with Gasteiger partial charge in [-0.1, -0.05) is 20.8 Å². The van der Waals surface area contributed by atoms with Gasteiger partial charge in [0.05, 0.1) is 48.9 Å². The number of hydrogen-bond donors (Lipinski definition) is 4. The van der Waals surface area contributed by atoms with Gasteiger partial charge in [-0.25, -0.2) is 0 Å². The predicted molar refractivity (Wildman–Crippen MR) is 169 cm³/mol. The number of aliphatic hydroxyl groups excluding tert-OH is 2. The van der Waals surface area contributed by atoms with Crippen molar-refractivity contribution in [1.82, 2.24) is 9.80 Å². The van der Waals surface area contributed by atoms with Gasteiger partial charge < -0.3 is 49.2 Å². The molecule has 262 valence electrons. The van der Waals surface area contributed by atoms with Gasteiger partial charge in [0, 0.05) is 24.5 Å². The number of ether oxygens (including phenoxy) is 4. The van der Waals surface area contributed by atoms with Crippen molar-refractivity contribution >= 4 is 5.97 Å². The first-order chi connectivity index (χ1) is 20.8. The van der Waals surface area contributed by atoms with Crippen LogP contribution in [-0.4, -0.2) is 137 Å². The normalized spacial score (nSPS) is 44.9. The van der Waals surface area contributed by atoms with Crippen LogP contribution >= 0.6 is 0 Å².